The topological polar surface area (TPSA) is 99.4 Å². The quantitative estimate of drug-likeness (QED) is 0.662. The summed E-state index contributed by atoms with van der Waals surface area (Å²) in [7, 11) is 2.87. The van der Waals surface area contributed by atoms with Gasteiger partial charge in [0, 0.05) is 6.54 Å². The second-order valence-electron chi connectivity index (χ2n) is 3.52. The summed E-state index contributed by atoms with van der Waals surface area (Å²) in [5.41, 5.74) is 5.58. The normalized spacial score (nSPS) is 9.94. The molecule has 1 heterocycles. The van der Waals surface area contributed by atoms with Crippen LogP contribution >= 0.6 is 0 Å². The fraction of sp³-hybridized carbons (Fsp3) is 0.545. The lowest BCUT2D eigenvalue weighted by atomic mass is 10.2. The molecule has 100 valence electrons. The molecule has 1 aromatic rings. The van der Waals surface area contributed by atoms with Gasteiger partial charge in [0.15, 0.2) is 5.56 Å². The number of nitrogens with two attached hydrogens (primary N) is 1. The molecule has 1 aromatic heterocycles. The fourth-order valence-electron chi connectivity index (χ4n) is 1.42. The molecule has 18 heavy (non-hydrogen) atoms. The Morgan fingerprint density at radius 1 is 1.28 bits per heavy atom. The van der Waals surface area contributed by atoms with Crippen LogP contribution in [0.3, 0.4) is 0 Å². The highest BCUT2D eigenvalue weighted by atomic mass is 16.5. The molecule has 0 bridgehead atoms. The Kier molecular flexibility index (Phi) is 5.86. The molecular weight excluding hydrogens is 236 g/mol. The van der Waals surface area contributed by atoms with E-state index in [-0.39, 0.29) is 23.2 Å². The maximum Gasteiger partial charge on any atom is 0.262 e. The number of hydrogen-bond acceptors (Lipinski definition) is 6. The van der Waals surface area contributed by atoms with Gasteiger partial charge in [-0.15, -0.1) is 0 Å². The van der Waals surface area contributed by atoms with Gasteiger partial charge in [-0.25, -0.2) is 9.97 Å². The van der Waals surface area contributed by atoms with Gasteiger partial charge in [-0.05, 0) is 19.4 Å². The molecule has 0 saturated carbocycles. The van der Waals surface area contributed by atoms with Gasteiger partial charge in [0.2, 0.25) is 11.8 Å². The number of amides is 1. The molecule has 1 amide bonds. The molecule has 0 aliphatic heterocycles. The summed E-state index contributed by atoms with van der Waals surface area (Å²) < 4.78 is 10.0. The summed E-state index contributed by atoms with van der Waals surface area (Å²) in [5.74, 6) is 0.0673. The lowest BCUT2D eigenvalue weighted by molar-refractivity contribution is 0.0945. The average Bonchev–Trinajstić information content (AvgIpc) is 2.42. The number of rotatable bonds is 7. The van der Waals surface area contributed by atoms with Gasteiger partial charge in [0.25, 0.3) is 5.91 Å². The second kappa shape index (κ2) is 7.44. The molecule has 0 saturated heterocycles. The van der Waals surface area contributed by atoms with Gasteiger partial charge in [0.05, 0.1) is 14.2 Å². The van der Waals surface area contributed by atoms with Gasteiger partial charge in [0.1, 0.15) is 6.33 Å². The number of carbonyl (C=O) groups is 1. The smallest absolute Gasteiger partial charge is 0.262 e. The molecule has 0 aliphatic carbocycles. The van der Waals surface area contributed by atoms with E-state index in [1.807, 2.05) is 0 Å². The third kappa shape index (κ3) is 3.56. The van der Waals surface area contributed by atoms with Crippen LogP contribution < -0.4 is 20.5 Å². The molecular formula is C11H18N4O3. The summed E-state index contributed by atoms with van der Waals surface area (Å²) in [6.07, 6.45) is 2.96. The van der Waals surface area contributed by atoms with Crippen LogP contribution in [-0.4, -0.2) is 43.2 Å². The number of nitrogens with one attached hydrogen (secondary N) is 1. The third-order valence-electron chi connectivity index (χ3n) is 2.31. The van der Waals surface area contributed by atoms with E-state index in [0.717, 1.165) is 12.8 Å². The Morgan fingerprint density at radius 2 is 1.89 bits per heavy atom. The molecule has 0 unspecified atom stereocenters. The first-order valence-corrected chi connectivity index (χ1v) is 5.65. The number of ether oxygens (including phenoxy) is 2. The molecule has 7 nitrogen and oxygen atoms in total. The van der Waals surface area contributed by atoms with Gasteiger partial charge in [-0.2, -0.15) is 0 Å². The van der Waals surface area contributed by atoms with Crippen LogP contribution in [0.5, 0.6) is 11.8 Å². The Labute approximate surface area is 106 Å². The molecule has 0 aromatic carbocycles. The van der Waals surface area contributed by atoms with E-state index in [9.17, 15) is 4.79 Å². The van der Waals surface area contributed by atoms with E-state index < -0.39 is 0 Å². The van der Waals surface area contributed by atoms with Crippen LogP contribution in [0.15, 0.2) is 6.33 Å². The van der Waals surface area contributed by atoms with E-state index in [2.05, 4.69) is 15.3 Å². The first-order chi connectivity index (χ1) is 8.74. The number of unbranched alkanes of at least 4 members (excludes halogenated alkanes) is 1. The van der Waals surface area contributed by atoms with Gasteiger partial charge >= 0.3 is 0 Å². The minimum atomic E-state index is -0.318. The molecule has 0 aliphatic rings. The first-order valence-electron chi connectivity index (χ1n) is 5.65. The molecule has 1 rings (SSSR count). The lowest BCUT2D eigenvalue weighted by Gasteiger charge is -2.10. The number of carbonyl (C=O) groups excluding carboxylic acids is 1. The zero-order valence-electron chi connectivity index (χ0n) is 10.6. The van der Waals surface area contributed by atoms with Crippen molar-refractivity contribution < 1.29 is 14.3 Å². The molecule has 3 N–H and O–H groups in total. The Morgan fingerprint density at radius 3 is 2.39 bits per heavy atom. The van der Waals surface area contributed by atoms with Crippen LogP contribution in [0.1, 0.15) is 23.2 Å². The summed E-state index contributed by atoms with van der Waals surface area (Å²) >= 11 is 0. The maximum atomic E-state index is 12.0. The Bertz CT molecular complexity index is 376. The molecule has 0 atom stereocenters. The van der Waals surface area contributed by atoms with E-state index >= 15 is 0 Å². The van der Waals surface area contributed by atoms with E-state index in [1.54, 1.807) is 0 Å². The van der Waals surface area contributed by atoms with Crippen LogP contribution in [0, 0.1) is 0 Å². The largest absolute Gasteiger partial charge is 0.480 e. The van der Waals surface area contributed by atoms with Crippen molar-refractivity contribution in [3.8, 4) is 11.8 Å². The van der Waals surface area contributed by atoms with Crippen molar-refractivity contribution in [1.29, 1.82) is 0 Å². The maximum absolute atomic E-state index is 12.0. The Balaban J connectivity index is 2.76. The Hall–Kier alpha value is -1.89. The number of hydrogen-bond donors (Lipinski definition) is 2. The van der Waals surface area contributed by atoms with Crippen LogP contribution in [-0.2, 0) is 0 Å². The molecule has 0 spiro atoms. The number of aromatic nitrogens is 2. The summed E-state index contributed by atoms with van der Waals surface area (Å²) in [4.78, 5) is 19.7. The molecule has 0 radical (unpaired) electrons. The number of nitrogens with zero attached hydrogens (tertiary/aromatic N) is 2. The van der Waals surface area contributed by atoms with Crippen LogP contribution in [0.25, 0.3) is 0 Å². The van der Waals surface area contributed by atoms with E-state index in [4.69, 9.17) is 15.2 Å². The highest BCUT2D eigenvalue weighted by molar-refractivity contribution is 5.98. The molecule has 7 heteroatoms. The predicted octanol–water partition coefficient (Wildman–Crippen LogP) is -0.0375. The van der Waals surface area contributed by atoms with E-state index in [0.29, 0.717) is 13.1 Å². The lowest BCUT2D eigenvalue weighted by Crippen LogP contribution is -2.26. The van der Waals surface area contributed by atoms with Crippen molar-refractivity contribution in [2.75, 3.05) is 27.3 Å². The first kappa shape index (κ1) is 14.2. The number of methoxy groups -OCH3 is 2. The monoisotopic (exact) mass is 254 g/mol. The standard InChI is InChI=1S/C11H18N4O3/c1-17-10-8(11(18-2)15-7-14-10)9(16)13-6-4-3-5-12/h7H,3-6,12H2,1-2H3,(H,13,16). The van der Waals surface area contributed by atoms with Crippen LogP contribution in [0.4, 0.5) is 0 Å². The minimum absolute atomic E-state index is 0.193. The van der Waals surface area contributed by atoms with Crippen molar-refractivity contribution in [3.05, 3.63) is 11.9 Å². The minimum Gasteiger partial charge on any atom is -0.480 e. The average molecular weight is 254 g/mol. The van der Waals surface area contributed by atoms with Gasteiger partial charge in [-0.1, -0.05) is 0 Å². The predicted molar refractivity (Wildman–Crippen MR) is 65.8 cm³/mol. The summed E-state index contributed by atoms with van der Waals surface area (Å²) in [5, 5.41) is 2.75. The van der Waals surface area contributed by atoms with Crippen molar-refractivity contribution in [2.24, 2.45) is 5.73 Å². The zero-order valence-corrected chi connectivity index (χ0v) is 10.6. The zero-order chi connectivity index (χ0) is 13.4. The van der Waals surface area contributed by atoms with Gasteiger partial charge in [-0.3, -0.25) is 4.79 Å². The fourth-order valence-corrected chi connectivity index (χ4v) is 1.42. The summed E-state index contributed by atoms with van der Waals surface area (Å²) in [6.45, 7) is 1.15. The second-order valence-corrected chi connectivity index (χ2v) is 3.52. The highest BCUT2D eigenvalue weighted by Gasteiger charge is 2.20. The third-order valence-corrected chi connectivity index (χ3v) is 2.31. The van der Waals surface area contributed by atoms with Crippen molar-refractivity contribution in [2.45, 2.75) is 12.8 Å². The molecule has 0 fully saturated rings. The SMILES string of the molecule is COc1ncnc(OC)c1C(=O)NCCCCN. The van der Waals surface area contributed by atoms with Gasteiger partial charge < -0.3 is 20.5 Å². The van der Waals surface area contributed by atoms with E-state index in [1.165, 1.54) is 20.5 Å². The summed E-state index contributed by atoms with van der Waals surface area (Å²) in [6, 6.07) is 0. The highest BCUT2D eigenvalue weighted by Crippen LogP contribution is 2.22. The van der Waals surface area contributed by atoms with Crippen molar-refractivity contribution >= 4 is 5.91 Å². The van der Waals surface area contributed by atoms with Crippen molar-refractivity contribution in [1.82, 2.24) is 15.3 Å². The van der Waals surface area contributed by atoms with Crippen molar-refractivity contribution in [3.63, 3.8) is 0 Å². The van der Waals surface area contributed by atoms with Crippen LogP contribution in [0.2, 0.25) is 0 Å².